The molecule has 1 aliphatic rings. The third-order valence-electron chi connectivity index (χ3n) is 4.76. The highest BCUT2D eigenvalue weighted by atomic mass is 35.5. The van der Waals surface area contributed by atoms with Gasteiger partial charge in [-0.2, -0.15) is 0 Å². The molecule has 1 heterocycles. The molecule has 0 bridgehead atoms. The third-order valence-corrected chi connectivity index (χ3v) is 5.66. The van der Waals surface area contributed by atoms with E-state index in [2.05, 4.69) is 10.2 Å². The quantitative estimate of drug-likeness (QED) is 0.797. The number of piperidine rings is 1. The van der Waals surface area contributed by atoms with Crippen molar-refractivity contribution in [1.82, 2.24) is 9.80 Å². The molecule has 2 rings (SSSR count). The normalized spacial score (nSPS) is 16.0. The van der Waals surface area contributed by atoms with Gasteiger partial charge in [0.15, 0.2) is 0 Å². The molecule has 5 nitrogen and oxygen atoms in total. The molecule has 140 valence electrons. The van der Waals surface area contributed by atoms with Crippen molar-refractivity contribution in [2.75, 3.05) is 52.3 Å². The predicted octanol–water partition coefficient (Wildman–Crippen LogP) is 4.12. The van der Waals surface area contributed by atoms with Gasteiger partial charge in [-0.25, -0.2) is 4.79 Å². The zero-order valence-corrected chi connectivity index (χ0v) is 16.7. The molecule has 0 saturated carbocycles. The summed E-state index contributed by atoms with van der Waals surface area (Å²) in [7, 11) is 3.55. The van der Waals surface area contributed by atoms with E-state index in [1.165, 1.54) is 0 Å². The fourth-order valence-electron chi connectivity index (χ4n) is 3.05. The van der Waals surface area contributed by atoms with E-state index in [1.54, 1.807) is 24.1 Å². The van der Waals surface area contributed by atoms with E-state index in [0.717, 1.165) is 51.2 Å². The molecule has 1 aromatic carbocycles. The van der Waals surface area contributed by atoms with Gasteiger partial charge in [-0.05, 0) is 56.5 Å². The number of benzene rings is 1. The number of halogens is 2. The molecule has 7 heteroatoms. The topological polar surface area (TPSA) is 44.8 Å². The number of anilines is 1. The third kappa shape index (κ3) is 5.74. The molecule has 0 radical (unpaired) electrons. The Balaban J connectivity index is 1.82. The van der Waals surface area contributed by atoms with E-state index in [-0.39, 0.29) is 6.03 Å². The summed E-state index contributed by atoms with van der Waals surface area (Å²) in [5.74, 6) is 0.525. The zero-order chi connectivity index (χ0) is 18.4. The lowest BCUT2D eigenvalue weighted by Gasteiger charge is -2.33. The predicted molar refractivity (Wildman–Crippen MR) is 104 cm³/mol. The van der Waals surface area contributed by atoms with Crippen molar-refractivity contribution >= 4 is 34.9 Å². The van der Waals surface area contributed by atoms with Gasteiger partial charge < -0.3 is 19.9 Å². The Labute approximate surface area is 160 Å². The minimum atomic E-state index is -0.148. The highest BCUT2D eigenvalue weighted by Gasteiger charge is 2.22. The molecule has 1 saturated heterocycles. The average molecular weight is 388 g/mol. The fourth-order valence-corrected chi connectivity index (χ4v) is 3.47. The molecular weight excluding hydrogens is 361 g/mol. The molecule has 1 N–H and O–H groups in total. The number of nitrogens with zero attached hydrogens (tertiary/aromatic N) is 2. The number of carbonyl (C=O) groups excluding carboxylic acids is 1. The molecule has 1 aromatic rings. The Morgan fingerprint density at radius 1 is 1.36 bits per heavy atom. The van der Waals surface area contributed by atoms with Crippen LogP contribution in [0.2, 0.25) is 10.0 Å². The number of hydrogen-bond donors (Lipinski definition) is 1. The van der Waals surface area contributed by atoms with E-state index < -0.39 is 0 Å². The summed E-state index contributed by atoms with van der Waals surface area (Å²) in [4.78, 5) is 16.6. The first kappa shape index (κ1) is 20.3. The lowest BCUT2D eigenvalue weighted by molar-refractivity contribution is 0.113. The van der Waals surface area contributed by atoms with Crippen molar-refractivity contribution in [3.8, 4) is 0 Å². The smallest absolute Gasteiger partial charge is 0.321 e. The first-order chi connectivity index (χ1) is 11.9. The van der Waals surface area contributed by atoms with Crippen LogP contribution in [0.4, 0.5) is 10.5 Å². The molecule has 0 unspecified atom stereocenters. The van der Waals surface area contributed by atoms with Gasteiger partial charge >= 0.3 is 6.03 Å². The Hall–Kier alpha value is -1.01. The number of urea groups is 1. The average Bonchev–Trinajstić information content (AvgIpc) is 2.61. The first-order valence-corrected chi connectivity index (χ1v) is 9.36. The summed E-state index contributed by atoms with van der Waals surface area (Å²) < 4.78 is 5.13. The summed E-state index contributed by atoms with van der Waals surface area (Å²) in [5.41, 5.74) is 1.36. The van der Waals surface area contributed by atoms with Crippen LogP contribution >= 0.6 is 23.2 Å². The number of rotatable bonds is 6. The van der Waals surface area contributed by atoms with Crippen molar-refractivity contribution in [2.45, 2.75) is 19.8 Å². The van der Waals surface area contributed by atoms with Crippen LogP contribution in [0.5, 0.6) is 0 Å². The second-order valence-corrected chi connectivity index (χ2v) is 7.41. The molecule has 1 aliphatic heterocycles. The first-order valence-electron chi connectivity index (χ1n) is 8.60. The summed E-state index contributed by atoms with van der Waals surface area (Å²) in [5, 5.41) is 3.95. The van der Waals surface area contributed by atoms with Crippen LogP contribution in [0.1, 0.15) is 18.4 Å². The van der Waals surface area contributed by atoms with Crippen molar-refractivity contribution in [1.29, 1.82) is 0 Å². The van der Waals surface area contributed by atoms with Gasteiger partial charge in [0.2, 0.25) is 0 Å². The standard InChI is InChI=1S/C18H27Cl2N3O2/c1-13-15(19)4-5-16(17(13)20)21-18(24)22(2)12-14-6-8-23(9-7-14)10-11-25-3/h4-5,14H,6-12H2,1-3H3,(H,21,24). The maximum Gasteiger partial charge on any atom is 0.321 e. The van der Waals surface area contributed by atoms with E-state index in [9.17, 15) is 4.79 Å². The fraction of sp³-hybridized carbons (Fsp3) is 0.611. The van der Waals surface area contributed by atoms with Gasteiger partial charge in [0.05, 0.1) is 17.3 Å². The number of carbonyl (C=O) groups is 1. The van der Waals surface area contributed by atoms with E-state index >= 15 is 0 Å². The lowest BCUT2D eigenvalue weighted by atomic mass is 9.96. The second kappa shape index (κ2) is 9.62. The molecule has 2 amide bonds. The largest absolute Gasteiger partial charge is 0.383 e. The van der Waals surface area contributed by atoms with Crippen LogP contribution in [-0.2, 0) is 4.74 Å². The molecule has 0 spiro atoms. The van der Waals surface area contributed by atoms with Gasteiger partial charge in [-0.15, -0.1) is 0 Å². The van der Waals surface area contributed by atoms with Gasteiger partial charge in [0.1, 0.15) is 0 Å². The van der Waals surface area contributed by atoms with Crippen LogP contribution in [0.25, 0.3) is 0 Å². The van der Waals surface area contributed by atoms with Crippen molar-refractivity contribution < 1.29 is 9.53 Å². The summed E-state index contributed by atoms with van der Waals surface area (Å²) in [6.45, 7) is 6.45. The van der Waals surface area contributed by atoms with Crippen molar-refractivity contribution in [2.24, 2.45) is 5.92 Å². The van der Waals surface area contributed by atoms with Crippen LogP contribution in [0, 0.1) is 12.8 Å². The van der Waals surface area contributed by atoms with Crippen molar-refractivity contribution in [3.63, 3.8) is 0 Å². The summed E-state index contributed by atoms with van der Waals surface area (Å²) in [6.07, 6.45) is 2.20. The van der Waals surface area contributed by atoms with Gasteiger partial charge in [0.25, 0.3) is 0 Å². The molecule has 1 fully saturated rings. The highest BCUT2D eigenvalue weighted by molar-refractivity contribution is 6.38. The minimum Gasteiger partial charge on any atom is -0.383 e. The summed E-state index contributed by atoms with van der Waals surface area (Å²) >= 11 is 12.3. The number of nitrogens with one attached hydrogen (secondary N) is 1. The Morgan fingerprint density at radius 3 is 2.68 bits per heavy atom. The molecule has 0 aromatic heterocycles. The maximum absolute atomic E-state index is 12.4. The van der Waals surface area contributed by atoms with Gasteiger partial charge in [-0.1, -0.05) is 23.2 Å². The summed E-state index contributed by atoms with van der Waals surface area (Å²) in [6, 6.07) is 3.33. The second-order valence-electron chi connectivity index (χ2n) is 6.62. The Kier molecular flexibility index (Phi) is 7.81. The maximum atomic E-state index is 12.4. The van der Waals surface area contributed by atoms with Gasteiger partial charge in [-0.3, -0.25) is 0 Å². The van der Waals surface area contributed by atoms with Crippen LogP contribution in [0.3, 0.4) is 0 Å². The number of methoxy groups -OCH3 is 1. The van der Waals surface area contributed by atoms with Crippen LogP contribution in [0.15, 0.2) is 12.1 Å². The number of amides is 2. The zero-order valence-electron chi connectivity index (χ0n) is 15.1. The van der Waals surface area contributed by atoms with Crippen LogP contribution in [-0.4, -0.2) is 62.8 Å². The lowest BCUT2D eigenvalue weighted by Crippen LogP contribution is -2.41. The number of hydrogen-bond acceptors (Lipinski definition) is 3. The van der Waals surface area contributed by atoms with Gasteiger partial charge in [0, 0.05) is 32.3 Å². The van der Waals surface area contributed by atoms with E-state index in [4.69, 9.17) is 27.9 Å². The number of likely N-dealkylation sites (tertiary alicyclic amines) is 1. The Bertz CT molecular complexity index is 590. The Morgan fingerprint density at radius 2 is 2.04 bits per heavy atom. The van der Waals surface area contributed by atoms with Crippen LogP contribution < -0.4 is 5.32 Å². The molecule has 25 heavy (non-hydrogen) atoms. The highest BCUT2D eigenvalue weighted by Crippen LogP contribution is 2.31. The minimum absolute atomic E-state index is 0.148. The SMILES string of the molecule is COCCN1CCC(CN(C)C(=O)Nc2ccc(Cl)c(C)c2Cl)CC1. The molecule has 0 atom stereocenters. The van der Waals surface area contributed by atoms with E-state index in [0.29, 0.717) is 21.7 Å². The van der Waals surface area contributed by atoms with E-state index in [1.807, 2.05) is 14.0 Å². The molecular formula is C18H27Cl2N3O2. The monoisotopic (exact) mass is 387 g/mol. The molecule has 0 aliphatic carbocycles. The van der Waals surface area contributed by atoms with Crippen molar-refractivity contribution in [3.05, 3.63) is 27.7 Å². The number of ether oxygens (including phenoxy) is 1.